The smallest absolute Gasteiger partial charge is 0.322 e. The van der Waals surface area contributed by atoms with E-state index in [2.05, 4.69) is 26.2 Å². The number of amides is 2. The van der Waals surface area contributed by atoms with Crippen LogP contribution < -0.4 is 10.2 Å². The molecule has 124 valence electrons. The monoisotopic (exact) mass is 389 g/mol. The predicted octanol–water partition coefficient (Wildman–Crippen LogP) is 4.31. The van der Waals surface area contributed by atoms with E-state index in [9.17, 15) is 9.18 Å². The number of nitrogens with one attached hydrogen (secondary N) is 1. The molecule has 2 aliphatic rings. The van der Waals surface area contributed by atoms with Crippen molar-refractivity contribution in [1.82, 2.24) is 10.3 Å². The molecule has 1 fully saturated rings. The molecule has 1 atom stereocenters. The fourth-order valence-corrected chi connectivity index (χ4v) is 3.65. The maximum Gasteiger partial charge on any atom is 0.322 e. The third-order valence-electron chi connectivity index (χ3n) is 4.90. The number of hydrogen-bond acceptors (Lipinski definition) is 2. The lowest BCUT2D eigenvalue weighted by atomic mass is 10.1. The van der Waals surface area contributed by atoms with Gasteiger partial charge in [-0.15, -0.1) is 0 Å². The minimum absolute atomic E-state index is 0.0481. The van der Waals surface area contributed by atoms with Crippen LogP contribution in [0.4, 0.5) is 14.9 Å². The molecule has 1 aliphatic carbocycles. The molecule has 1 spiro atoms. The number of carbonyl (C=O) groups is 1. The molecule has 2 aromatic rings. The highest BCUT2D eigenvalue weighted by atomic mass is 79.9. The number of halogens is 2. The lowest BCUT2D eigenvalue weighted by Crippen LogP contribution is -2.41. The van der Waals surface area contributed by atoms with E-state index < -0.39 is 0 Å². The number of anilines is 1. The second kappa shape index (κ2) is 5.55. The zero-order valence-corrected chi connectivity index (χ0v) is 14.8. The molecule has 4 rings (SSSR count). The molecule has 1 saturated carbocycles. The van der Waals surface area contributed by atoms with Crippen LogP contribution in [0.3, 0.4) is 0 Å². The molecule has 1 aromatic carbocycles. The zero-order chi connectivity index (χ0) is 16.9. The lowest BCUT2D eigenvalue weighted by Gasteiger charge is -2.22. The normalized spacial score (nSPS) is 18.4. The van der Waals surface area contributed by atoms with E-state index in [1.165, 1.54) is 12.1 Å². The summed E-state index contributed by atoms with van der Waals surface area (Å²) in [6.07, 6.45) is 3.94. The molecule has 0 saturated heterocycles. The molecule has 0 unspecified atom stereocenters. The fraction of sp³-hybridized carbons (Fsp3) is 0.333. The molecule has 24 heavy (non-hydrogen) atoms. The summed E-state index contributed by atoms with van der Waals surface area (Å²) in [6, 6.07) is 7.82. The summed E-state index contributed by atoms with van der Waals surface area (Å²) in [5.41, 5.74) is 2.82. The average Bonchev–Trinajstić information content (AvgIpc) is 3.26. The van der Waals surface area contributed by atoms with Crippen molar-refractivity contribution in [2.75, 3.05) is 11.4 Å². The number of pyridine rings is 1. The maximum atomic E-state index is 13.0. The summed E-state index contributed by atoms with van der Waals surface area (Å²) in [5, 5.41) is 3.00. The number of benzene rings is 1. The third kappa shape index (κ3) is 2.59. The minimum Gasteiger partial charge on any atom is -0.331 e. The summed E-state index contributed by atoms with van der Waals surface area (Å²) < 4.78 is 13.9. The van der Waals surface area contributed by atoms with Crippen LogP contribution in [0.5, 0.6) is 0 Å². The molecule has 2 heterocycles. The minimum atomic E-state index is -0.280. The van der Waals surface area contributed by atoms with E-state index in [0.717, 1.165) is 34.3 Å². The molecule has 4 nitrogen and oxygen atoms in total. The van der Waals surface area contributed by atoms with Gasteiger partial charge in [-0.1, -0.05) is 12.1 Å². The van der Waals surface area contributed by atoms with Gasteiger partial charge in [0.15, 0.2) is 0 Å². The first-order valence-corrected chi connectivity index (χ1v) is 8.77. The van der Waals surface area contributed by atoms with E-state index in [1.807, 2.05) is 13.0 Å². The zero-order valence-electron chi connectivity index (χ0n) is 13.2. The first-order chi connectivity index (χ1) is 11.5. The molecule has 1 aromatic heterocycles. The lowest BCUT2D eigenvalue weighted by molar-refractivity contribution is 0.243. The van der Waals surface area contributed by atoms with Gasteiger partial charge in [0.1, 0.15) is 5.82 Å². The summed E-state index contributed by atoms with van der Waals surface area (Å²) >= 11 is 3.44. The summed E-state index contributed by atoms with van der Waals surface area (Å²) in [5.74, 6) is -0.280. The van der Waals surface area contributed by atoms with Crippen molar-refractivity contribution in [2.24, 2.45) is 0 Å². The summed E-state index contributed by atoms with van der Waals surface area (Å²) in [6.45, 7) is 2.57. The van der Waals surface area contributed by atoms with Gasteiger partial charge < -0.3 is 5.32 Å². The van der Waals surface area contributed by atoms with Gasteiger partial charge in [-0.05, 0) is 59.5 Å². The highest BCUT2D eigenvalue weighted by Gasteiger charge is 2.54. The van der Waals surface area contributed by atoms with Crippen molar-refractivity contribution in [3.05, 3.63) is 58.1 Å². The number of nitrogens with zero attached hydrogens (tertiary/aromatic N) is 2. The highest BCUT2D eigenvalue weighted by molar-refractivity contribution is 9.10. The van der Waals surface area contributed by atoms with Crippen LogP contribution in [0.1, 0.15) is 37.1 Å². The Morgan fingerprint density at radius 2 is 2.08 bits per heavy atom. The first-order valence-electron chi connectivity index (χ1n) is 7.98. The van der Waals surface area contributed by atoms with Crippen molar-refractivity contribution < 1.29 is 9.18 Å². The molecule has 0 bridgehead atoms. The Morgan fingerprint density at radius 3 is 2.75 bits per heavy atom. The van der Waals surface area contributed by atoms with Crippen LogP contribution in [0.25, 0.3) is 0 Å². The van der Waals surface area contributed by atoms with Gasteiger partial charge in [0.05, 0.1) is 17.4 Å². The van der Waals surface area contributed by atoms with E-state index in [4.69, 9.17) is 0 Å². The molecule has 1 N–H and O–H groups in total. The number of urea groups is 1. The van der Waals surface area contributed by atoms with E-state index in [0.29, 0.717) is 6.54 Å². The van der Waals surface area contributed by atoms with Crippen LogP contribution in [0.2, 0.25) is 0 Å². The predicted molar refractivity (Wildman–Crippen MR) is 93.5 cm³/mol. The van der Waals surface area contributed by atoms with Gasteiger partial charge in [-0.25, -0.2) is 9.18 Å². The van der Waals surface area contributed by atoms with Crippen LogP contribution in [0.15, 0.2) is 41.0 Å². The second-order valence-electron chi connectivity index (χ2n) is 6.61. The number of carbonyl (C=O) groups excluding carboxylic acids is 1. The van der Waals surface area contributed by atoms with Crippen LogP contribution in [-0.2, 0) is 5.41 Å². The number of fused-ring (bicyclic) bond motifs is 2. The number of aromatic nitrogens is 1. The van der Waals surface area contributed by atoms with Gasteiger partial charge in [0, 0.05) is 22.6 Å². The third-order valence-corrected chi connectivity index (χ3v) is 5.33. The Balaban J connectivity index is 1.55. The van der Waals surface area contributed by atoms with E-state index >= 15 is 0 Å². The molecule has 6 heteroatoms. The summed E-state index contributed by atoms with van der Waals surface area (Å²) in [7, 11) is 0. The Hall–Kier alpha value is -1.95. The Morgan fingerprint density at radius 1 is 1.38 bits per heavy atom. The van der Waals surface area contributed by atoms with Crippen molar-refractivity contribution >= 4 is 27.6 Å². The van der Waals surface area contributed by atoms with Gasteiger partial charge in [0.2, 0.25) is 0 Å². The fourth-order valence-electron chi connectivity index (χ4n) is 3.33. The highest BCUT2D eigenvalue weighted by Crippen LogP contribution is 2.55. The van der Waals surface area contributed by atoms with E-state index in [1.54, 1.807) is 23.2 Å². The van der Waals surface area contributed by atoms with Crippen LogP contribution >= 0.6 is 15.9 Å². The topological polar surface area (TPSA) is 45.2 Å². The molecule has 1 aliphatic heterocycles. The second-order valence-corrected chi connectivity index (χ2v) is 7.53. The van der Waals surface area contributed by atoms with Crippen molar-refractivity contribution in [3.8, 4) is 0 Å². The van der Waals surface area contributed by atoms with E-state index in [-0.39, 0.29) is 23.3 Å². The van der Waals surface area contributed by atoms with Gasteiger partial charge in [0.25, 0.3) is 0 Å². The first kappa shape index (κ1) is 15.6. The van der Waals surface area contributed by atoms with Crippen LogP contribution in [-0.4, -0.2) is 17.6 Å². The molecule has 2 amide bonds. The van der Waals surface area contributed by atoms with Crippen LogP contribution in [0, 0.1) is 5.82 Å². The molecule has 0 radical (unpaired) electrons. The van der Waals surface area contributed by atoms with Gasteiger partial charge in [-0.3, -0.25) is 9.88 Å². The Bertz CT molecular complexity index is 804. The SMILES string of the molecule is C[C@H](NC(=O)N1CC2(CC2)c2ncc(Br)cc21)c1ccc(F)cc1. The summed E-state index contributed by atoms with van der Waals surface area (Å²) in [4.78, 5) is 19.1. The van der Waals surface area contributed by atoms with Crippen molar-refractivity contribution in [1.29, 1.82) is 0 Å². The Kier molecular flexibility index (Phi) is 3.60. The largest absolute Gasteiger partial charge is 0.331 e. The molecular formula is C18H17BrFN3O. The van der Waals surface area contributed by atoms with Gasteiger partial charge >= 0.3 is 6.03 Å². The standard InChI is InChI=1S/C18H17BrFN3O/c1-11(12-2-4-14(20)5-3-12)22-17(24)23-10-18(6-7-18)16-15(23)8-13(19)9-21-16/h2-5,8-9,11H,6-7,10H2,1H3,(H,22,24)/t11-/m0/s1. The maximum absolute atomic E-state index is 13.0. The molecular weight excluding hydrogens is 373 g/mol. The Labute approximate surface area is 148 Å². The van der Waals surface area contributed by atoms with Crippen molar-refractivity contribution in [2.45, 2.75) is 31.2 Å². The quantitative estimate of drug-likeness (QED) is 0.831. The number of hydrogen-bond donors (Lipinski definition) is 1. The van der Waals surface area contributed by atoms with Gasteiger partial charge in [-0.2, -0.15) is 0 Å². The average molecular weight is 390 g/mol. The van der Waals surface area contributed by atoms with Crippen molar-refractivity contribution in [3.63, 3.8) is 0 Å². The number of rotatable bonds is 2.